The summed E-state index contributed by atoms with van der Waals surface area (Å²) in [4.78, 5) is 18.2. The van der Waals surface area contributed by atoms with E-state index in [1.165, 1.54) is 11.3 Å². The lowest BCUT2D eigenvalue weighted by Crippen LogP contribution is -2.22. The van der Waals surface area contributed by atoms with Crippen LogP contribution in [0, 0.1) is 13.8 Å². The van der Waals surface area contributed by atoms with Crippen molar-refractivity contribution in [2.24, 2.45) is 0 Å². The zero-order valence-electron chi connectivity index (χ0n) is 14.0. The summed E-state index contributed by atoms with van der Waals surface area (Å²) < 4.78 is 13.0. The number of aryl methyl sites for hydroxylation is 2. The van der Waals surface area contributed by atoms with Gasteiger partial charge in [0.1, 0.15) is 0 Å². The number of thiazole rings is 1. The highest BCUT2D eigenvalue weighted by molar-refractivity contribution is 7.15. The highest BCUT2D eigenvalue weighted by Gasteiger charge is 2.17. The third-order valence-electron chi connectivity index (χ3n) is 4.63. The van der Waals surface area contributed by atoms with Crippen molar-refractivity contribution in [3.05, 3.63) is 60.9 Å². The molecular formula is C19H13ClN2O3S. The Hall–Kier alpha value is -2.57. The zero-order valence-corrected chi connectivity index (χ0v) is 15.6. The smallest absolute Gasteiger partial charge is 0.274 e. The SMILES string of the molecule is Cc1cc2nc3s/c(=C\c4cc5c(cc4Cl)OCO5)c(=O)n3c2cc1C. The van der Waals surface area contributed by atoms with Gasteiger partial charge in [0, 0.05) is 6.07 Å². The van der Waals surface area contributed by atoms with E-state index in [1.54, 1.807) is 22.6 Å². The number of halogens is 1. The van der Waals surface area contributed by atoms with Crippen LogP contribution in [0.4, 0.5) is 0 Å². The van der Waals surface area contributed by atoms with Gasteiger partial charge in [-0.15, -0.1) is 0 Å². The minimum absolute atomic E-state index is 0.0931. The molecule has 130 valence electrons. The molecule has 0 bridgehead atoms. The number of benzene rings is 2. The summed E-state index contributed by atoms with van der Waals surface area (Å²) in [6, 6.07) is 7.52. The monoisotopic (exact) mass is 384 g/mol. The van der Waals surface area contributed by atoms with E-state index in [1.807, 2.05) is 26.0 Å². The number of fused-ring (bicyclic) bond motifs is 4. The van der Waals surface area contributed by atoms with Gasteiger partial charge in [0.25, 0.3) is 5.56 Å². The normalized spacial score (nSPS) is 14.0. The first-order chi connectivity index (χ1) is 12.5. The molecule has 1 aliphatic rings. The van der Waals surface area contributed by atoms with E-state index >= 15 is 0 Å². The molecule has 0 atom stereocenters. The Bertz CT molecular complexity index is 1320. The number of rotatable bonds is 1. The van der Waals surface area contributed by atoms with Crippen molar-refractivity contribution in [2.75, 3.05) is 6.79 Å². The number of aromatic nitrogens is 2. The van der Waals surface area contributed by atoms with Crippen LogP contribution >= 0.6 is 22.9 Å². The van der Waals surface area contributed by atoms with Gasteiger partial charge < -0.3 is 9.47 Å². The first-order valence-electron chi connectivity index (χ1n) is 8.04. The Kier molecular flexibility index (Phi) is 3.29. The molecule has 0 radical (unpaired) electrons. The average molecular weight is 385 g/mol. The minimum Gasteiger partial charge on any atom is -0.454 e. The number of imidazole rings is 1. The van der Waals surface area contributed by atoms with Crippen LogP contribution < -0.4 is 19.6 Å². The predicted molar refractivity (Wildman–Crippen MR) is 103 cm³/mol. The first-order valence-corrected chi connectivity index (χ1v) is 9.24. The summed E-state index contributed by atoms with van der Waals surface area (Å²) in [6.45, 7) is 4.26. The maximum Gasteiger partial charge on any atom is 0.274 e. The van der Waals surface area contributed by atoms with Crippen LogP contribution in [0.2, 0.25) is 5.02 Å². The molecule has 5 nitrogen and oxygen atoms in total. The summed E-state index contributed by atoms with van der Waals surface area (Å²) in [5, 5.41) is 0.510. The van der Waals surface area contributed by atoms with Crippen molar-refractivity contribution in [2.45, 2.75) is 13.8 Å². The summed E-state index contributed by atoms with van der Waals surface area (Å²) in [5.41, 5.74) is 4.59. The van der Waals surface area contributed by atoms with Crippen molar-refractivity contribution < 1.29 is 9.47 Å². The second-order valence-electron chi connectivity index (χ2n) is 6.30. The molecule has 0 unspecified atom stereocenters. The molecule has 0 saturated carbocycles. The standard InChI is InChI=1S/C19H13ClN2O3S/c1-9-3-13-14(4-10(9)2)22-18(23)17(26-19(22)21-13)6-11-5-15-16(7-12(11)20)25-8-24-15/h3-7H,8H2,1-2H3/b17-6-. The maximum absolute atomic E-state index is 13.0. The van der Waals surface area contributed by atoms with Crippen LogP contribution in [-0.2, 0) is 0 Å². The molecule has 2 aromatic carbocycles. The molecule has 0 N–H and O–H groups in total. The van der Waals surface area contributed by atoms with Gasteiger partial charge in [0.2, 0.25) is 6.79 Å². The largest absolute Gasteiger partial charge is 0.454 e. The molecular weight excluding hydrogens is 372 g/mol. The van der Waals surface area contributed by atoms with Gasteiger partial charge in [-0.25, -0.2) is 9.38 Å². The lowest BCUT2D eigenvalue weighted by Gasteiger charge is -2.00. The molecule has 0 amide bonds. The van der Waals surface area contributed by atoms with E-state index < -0.39 is 0 Å². The van der Waals surface area contributed by atoms with Crippen LogP contribution in [0.3, 0.4) is 0 Å². The third-order valence-corrected chi connectivity index (χ3v) is 5.93. The molecule has 4 aromatic rings. The highest BCUT2D eigenvalue weighted by atomic mass is 35.5. The fraction of sp³-hybridized carbons (Fsp3) is 0.158. The second-order valence-corrected chi connectivity index (χ2v) is 7.71. The topological polar surface area (TPSA) is 52.8 Å². The highest BCUT2D eigenvalue weighted by Crippen LogP contribution is 2.37. The van der Waals surface area contributed by atoms with Crippen molar-refractivity contribution in [1.29, 1.82) is 0 Å². The molecule has 2 aromatic heterocycles. The fourth-order valence-electron chi connectivity index (χ4n) is 3.10. The van der Waals surface area contributed by atoms with Crippen LogP contribution in [-0.4, -0.2) is 16.2 Å². The van der Waals surface area contributed by atoms with Crippen LogP contribution in [0.5, 0.6) is 11.5 Å². The quantitative estimate of drug-likeness (QED) is 0.504. The van der Waals surface area contributed by atoms with Crippen LogP contribution in [0.1, 0.15) is 16.7 Å². The average Bonchev–Trinajstić information content (AvgIpc) is 3.25. The summed E-state index contributed by atoms with van der Waals surface area (Å²) in [6.07, 6.45) is 1.78. The number of hydrogen-bond acceptors (Lipinski definition) is 5. The number of ether oxygens (including phenoxy) is 2. The summed E-state index contributed by atoms with van der Waals surface area (Å²) >= 11 is 7.68. The van der Waals surface area contributed by atoms with Gasteiger partial charge in [-0.1, -0.05) is 22.9 Å². The van der Waals surface area contributed by atoms with E-state index in [0.29, 0.717) is 31.6 Å². The second kappa shape index (κ2) is 5.46. The lowest BCUT2D eigenvalue weighted by atomic mass is 10.1. The zero-order chi connectivity index (χ0) is 18.0. The molecule has 3 heterocycles. The van der Waals surface area contributed by atoms with Crippen molar-refractivity contribution in [1.82, 2.24) is 9.38 Å². The molecule has 0 aliphatic carbocycles. The third kappa shape index (κ3) is 2.22. The maximum atomic E-state index is 13.0. The van der Waals surface area contributed by atoms with E-state index in [0.717, 1.165) is 22.2 Å². The van der Waals surface area contributed by atoms with Gasteiger partial charge in [-0.05, 0) is 54.8 Å². The first kappa shape index (κ1) is 15.7. The van der Waals surface area contributed by atoms with Crippen LogP contribution in [0.25, 0.3) is 22.1 Å². The fourth-order valence-corrected chi connectivity index (χ4v) is 4.29. The Morgan fingerprint density at radius 1 is 1.15 bits per heavy atom. The van der Waals surface area contributed by atoms with Gasteiger partial charge in [-0.2, -0.15) is 0 Å². The predicted octanol–water partition coefficient (Wildman–Crippen LogP) is 3.46. The molecule has 26 heavy (non-hydrogen) atoms. The minimum atomic E-state index is -0.0931. The van der Waals surface area contributed by atoms with Crippen molar-refractivity contribution in [3.8, 4) is 11.5 Å². The summed E-state index contributed by atoms with van der Waals surface area (Å²) in [5.74, 6) is 1.25. The van der Waals surface area contributed by atoms with Gasteiger partial charge in [0.05, 0.1) is 20.6 Å². The van der Waals surface area contributed by atoms with Crippen LogP contribution in [0.15, 0.2) is 29.1 Å². The van der Waals surface area contributed by atoms with Crippen molar-refractivity contribution >= 4 is 45.0 Å². The molecule has 0 spiro atoms. The van der Waals surface area contributed by atoms with Gasteiger partial charge in [0.15, 0.2) is 16.5 Å². The molecule has 5 rings (SSSR count). The van der Waals surface area contributed by atoms with E-state index in [4.69, 9.17) is 21.1 Å². The van der Waals surface area contributed by atoms with Gasteiger partial charge in [-0.3, -0.25) is 4.79 Å². The Morgan fingerprint density at radius 2 is 1.88 bits per heavy atom. The Labute approximate surface area is 157 Å². The lowest BCUT2D eigenvalue weighted by molar-refractivity contribution is 0.174. The van der Waals surface area contributed by atoms with E-state index in [2.05, 4.69) is 4.98 Å². The Balaban J connectivity index is 1.76. The van der Waals surface area contributed by atoms with Gasteiger partial charge >= 0.3 is 0 Å². The van der Waals surface area contributed by atoms with Crippen molar-refractivity contribution in [3.63, 3.8) is 0 Å². The molecule has 0 fully saturated rings. The van der Waals surface area contributed by atoms with E-state index in [9.17, 15) is 4.79 Å². The molecule has 0 saturated heterocycles. The Morgan fingerprint density at radius 3 is 2.69 bits per heavy atom. The number of nitrogens with zero attached hydrogens (tertiary/aromatic N) is 2. The summed E-state index contributed by atoms with van der Waals surface area (Å²) in [7, 11) is 0. The number of hydrogen-bond donors (Lipinski definition) is 0. The molecule has 7 heteroatoms. The molecule has 1 aliphatic heterocycles. The van der Waals surface area contributed by atoms with E-state index in [-0.39, 0.29) is 12.4 Å².